The Hall–Kier alpha value is -5.48. The zero-order chi connectivity index (χ0) is 35.6. The minimum absolute atomic E-state index is 0.0158. The second-order valence-corrected chi connectivity index (χ2v) is 13.4. The first-order valence-electron chi connectivity index (χ1n) is 15.2. The monoisotopic (exact) mass is 688 g/mol. The van der Waals surface area contributed by atoms with E-state index in [2.05, 4.69) is 35.8 Å². The number of H-pyrrole nitrogens is 1. The van der Waals surface area contributed by atoms with Gasteiger partial charge >= 0.3 is 5.69 Å². The van der Waals surface area contributed by atoms with Crippen LogP contribution in [0.25, 0.3) is 0 Å². The number of carbonyl (C=O) groups is 2. The Morgan fingerprint density at radius 3 is 2.22 bits per heavy atom. The molecule has 49 heavy (non-hydrogen) atoms. The van der Waals surface area contributed by atoms with Crippen LogP contribution in [0.15, 0.2) is 63.6 Å². The Labute approximate surface area is 282 Å². The first-order chi connectivity index (χ1) is 23.1. The predicted octanol–water partition coefficient (Wildman–Crippen LogP) is 4.46. The van der Waals surface area contributed by atoms with E-state index in [-0.39, 0.29) is 18.4 Å². The molecule has 4 N–H and O–H groups in total. The molecular formula is C33H36N8O7S. The van der Waals surface area contributed by atoms with Crippen LogP contribution in [0.1, 0.15) is 40.3 Å². The normalized spacial score (nSPS) is 14.8. The van der Waals surface area contributed by atoms with Gasteiger partial charge in [0.2, 0.25) is 17.9 Å². The van der Waals surface area contributed by atoms with Gasteiger partial charge in [-0.25, -0.2) is 4.79 Å². The van der Waals surface area contributed by atoms with Gasteiger partial charge in [0, 0.05) is 5.69 Å². The minimum Gasteiger partial charge on any atom is -0.495 e. The molecule has 3 aromatic carbocycles. The van der Waals surface area contributed by atoms with Crippen LogP contribution in [0.4, 0.5) is 29.0 Å². The minimum atomic E-state index is -4.32. The van der Waals surface area contributed by atoms with Crippen LogP contribution in [0, 0.1) is 27.7 Å². The summed E-state index contributed by atoms with van der Waals surface area (Å²) in [5, 5.41) is 13.1. The molecule has 2 atom stereocenters. The highest BCUT2D eigenvalue weighted by Gasteiger charge is 2.46. The first kappa shape index (κ1) is 34.8. The zero-order valence-electron chi connectivity index (χ0n) is 27.7. The lowest BCUT2D eigenvalue weighted by Crippen LogP contribution is -2.32. The number of ketones is 1. The fraction of sp³-hybridized carbons (Fsp3) is 0.303. The molecule has 4 aromatic rings. The fourth-order valence-electron chi connectivity index (χ4n) is 5.54. The molecule has 0 radical (unpaired) electrons. The van der Waals surface area contributed by atoms with E-state index >= 15 is 0 Å². The number of azo groups is 1. The summed E-state index contributed by atoms with van der Waals surface area (Å²) >= 11 is 0. The molecular weight excluding hydrogens is 652 g/mol. The number of nitrogens with one attached hydrogen (secondary N) is 3. The van der Waals surface area contributed by atoms with Crippen LogP contribution >= 0.6 is 0 Å². The van der Waals surface area contributed by atoms with Gasteiger partial charge in [0.1, 0.15) is 5.75 Å². The van der Waals surface area contributed by atoms with Crippen LogP contribution < -0.4 is 26.0 Å². The highest BCUT2D eigenvalue weighted by molar-refractivity contribution is 7.86. The number of amides is 1. The van der Waals surface area contributed by atoms with Crippen molar-refractivity contribution in [2.24, 2.45) is 10.2 Å². The van der Waals surface area contributed by atoms with E-state index in [4.69, 9.17) is 4.74 Å². The number of benzene rings is 3. The van der Waals surface area contributed by atoms with Gasteiger partial charge in [-0.15, -0.1) is 0 Å². The lowest BCUT2D eigenvalue weighted by atomic mass is 9.96. The number of nitrogens with zero attached hydrogens (tertiary/aromatic N) is 5. The Bertz CT molecular complexity index is 2100. The van der Waals surface area contributed by atoms with E-state index in [0.29, 0.717) is 29.2 Å². The molecule has 1 saturated heterocycles. The molecule has 1 amide bonds. The molecule has 15 nitrogen and oxygen atoms in total. The molecule has 0 saturated carbocycles. The molecule has 5 rings (SSSR count). The average molecular weight is 689 g/mol. The van der Waals surface area contributed by atoms with Gasteiger partial charge in [0.15, 0.2) is 11.2 Å². The van der Waals surface area contributed by atoms with E-state index in [0.717, 1.165) is 33.4 Å². The molecule has 2 unspecified atom stereocenters. The third-order valence-corrected chi connectivity index (χ3v) is 8.96. The average Bonchev–Trinajstić information content (AvgIpc) is 3.82. The Morgan fingerprint density at radius 2 is 1.65 bits per heavy atom. The van der Waals surface area contributed by atoms with Crippen molar-refractivity contribution < 1.29 is 27.3 Å². The molecule has 0 spiro atoms. The van der Waals surface area contributed by atoms with Gasteiger partial charge in [-0.05, 0) is 86.6 Å². The standard InChI is InChI=1S/C33H36N8O7S/c1-17-11-22(12-18(2)27(17)35-31-36-32(38-33(44)37-31)41-16-26(41)49(45,46)47)15-23-13-19(3)28(20(4)14-23)39-40-29(21(5)42)30(43)34-24-9-7-8-10-25(24)48-6/h7-14,26,29H,15-16H2,1-6H3,(H,34,43)(H,45,46,47)(H2,35,36,37,38,44). The largest absolute Gasteiger partial charge is 0.495 e. The molecule has 1 aromatic heterocycles. The van der Waals surface area contributed by atoms with Crippen LogP contribution in [-0.4, -0.2) is 64.7 Å². The second kappa shape index (κ2) is 13.9. The topological polar surface area (TPSA) is 208 Å². The number of aryl methyl sites for hydroxylation is 4. The van der Waals surface area contributed by atoms with Crippen molar-refractivity contribution in [3.8, 4) is 5.75 Å². The number of hydrogen-bond acceptors (Lipinski definition) is 12. The molecule has 0 aliphatic carbocycles. The Kier molecular flexibility index (Phi) is 9.91. The van der Waals surface area contributed by atoms with Crippen LogP contribution in [0.5, 0.6) is 5.75 Å². The third-order valence-electron chi connectivity index (χ3n) is 7.87. The maximum Gasteiger partial charge on any atom is 0.351 e. The number of aromatic nitrogens is 3. The number of Topliss-reactive ketones (excluding diaryl/α,β-unsaturated/α-hetero) is 1. The Morgan fingerprint density at radius 1 is 1.04 bits per heavy atom. The van der Waals surface area contributed by atoms with Crippen LogP contribution in [0.2, 0.25) is 0 Å². The highest BCUT2D eigenvalue weighted by atomic mass is 32.2. The lowest BCUT2D eigenvalue weighted by molar-refractivity contribution is -0.126. The molecule has 1 aliphatic rings. The smallest absolute Gasteiger partial charge is 0.351 e. The second-order valence-electron chi connectivity index (χ2n) is 11.8. The van der Waals surface area contributed by atoms with Crippen molar-refractivity contribution >= 4 is 50.8 Å². The van der Waals surface area contributed by atoms with Crippen molar-refractivity contribution in [3.05, 3.63) is 92.4 Å². The summed E-state index contributed by atoms with van der Waals surface area (Å²) in [6.07, 6.45) is 0.596. The number of carbonyl (C=O) groups excluding carboxylic acids is 2. The summed E-state index contributed by atoms with van der Waals surface area (Å²) in [6.45, 7) is 8.87. The van der Waals surface area contributed by atoms with Gasteiger partial charge in [0.25, 0.3) is 16.0 Å². The van der Waals surface area contributed by atoms with Crippen molar-refractivity contribution in [2.45, 2.75) is 52.5 Å². The van der Waals surface area contributed by atoms with E-state index in [1.165, 1.54) is 18.9 Å². The maximum absolute atomic E-state index is 13.0. The maximum atomic E-state index is 13.0. The number of para-hydroxylation sites is 2. The number of hydrogen-bond donors (Lipinski definition) is 4. The van der Waals surface area contributed by atoms with Crippen molar-refractivity contribution in [3.63, 3.8) is 0 Å². The van der Waals surface area contributed by atoms with Gasteiger partial charge in [0.05, 0.1) is 25.0 Å². The summed E-state index contributed by atoms with van der Waals surface area (Å²) in [5.41, 5.74) is 6.41. The molecule has 2 heterocycles. The first-order valence-corrected chi connectivity index (χ1v) is 16.7. The summed E-state index contributed by atoms with van der Waals surface area (Å²) in [4.78, 5) is 49.2. The van der Waals surface area contributed by atoms with Gasteiger partial charge < -0.3 is 20.3 Å². The Balaban J connectivity index is 1.30. The zero-order valence-corrected chi connectivity index (χ0v) is 28.5. The summed E-state index contributed by atoms with van der Waals surface area (Å²) in [6, 6.07) is 13.5. The molecule has 16 heteroatoms. The predicted molar refractivity (Wildman–Crippen MR) is 184 cm³/mol. The SMILES string of the molecule is COc1ccccc1NC(=O)C(N=Nc1c(C)cc(Cc2cc(C)c(Nc3nc(N4CC4S(=O)(=O)O)nc(=O)[nH]3)c(C)c2)cc1C)C(C)=O. The third kappa shape index (κ3) is 8.16. The summed E-state index contributed by atoms with van der Waals surface area (Å²) < 4.78 is 37.4. The number of anilines is 4. The van der Waals surface area contributed by atoms with Crippen LogP contribution in [-0.2, 0) is 26.1 Å². The highest BCUT2D eigenvalue weighted by Crippen LogP contribution is 2.31. The number of rotatable bonds is 12. The molecule has 1 aliphatic heterocycles. The quantitative estimate of drug-likeness (QED) is 0.0707. The van der Waals surface area contributed by atoms with E-state index in [1.54, 1.807) is 24.3 Å². The fourth-order valence-corrected chi connectivity index (χ4v) is 6.31. The molecule has 256 valence electrons. The van der Waals surface area contributed by atoms with E-state index in [9.17, 15) is 27.4 Å². The van der Waals surface area contributed by atoms with Crippen molar-refractivity contribution in [1.29, 1.82) is 0 Å². The molecule has 1 fully saturated rings. The summed E-state index contributed by atoms with van der Waals surface area (Å²) in [5.74, 6) is -0.646. The van der Waals surface area contributed by atoms with Gasteiger partial charge in [-0.3, -0.25) is 19.1 Å². The van der Waals surface area contributed by atoms with Gasteiger partial charge in [-0.1, -0.05) is 36.4 Å². The van der Waals surface area contributed by atoms with Crippen molar-refractivity contribution in [1.82, 2.24) is 15.0 Å². The number of methoxy groups -OCH3 is 1. The van der Waals surface area contributed by atoms with Crippen LogP contribution in [0.3, 0.4) is 0 Å². The summed E-state index contributed by atoms with van der Waals surface area (Å²) in [7, 11) is -2.83. The van der Waals surface area contributed by atoms with E-state index < -0.39 is 38.9 Å². The van der Waals surface area contributed by atoms with Gasteiger partial charge in [-0.2, -0.15) is 28.6 Å². The molecule has 0 bridgehead atoms. The number of ether oxygens (including phenoxy) is 1. The van der Waals surface area contributed by atoms with Crippen molar-refractivity contribution in [2.75, 3.05) is 29.2 Å². The lowest BCUT2D eigenvalue weighted by Gasteiger charge is -2.15. The van der Waals surface area contributed by atoms with E-state index in [1.807, 2.05) is 52.0 Å². The number of aromatic amines is 1.